The van der Waals surface area contributed by atoms with Gasteiger partial charge in [-0.25, -0.2) is 0 Å². The predicted molar refractivity (Wildman–Crippen MR) is 122 cm³/mol. The summed E-state index contributed by atoms with van der Waals surface area (Å²) in [7, 11) is 1.57. The smallest absolute Gasteiger partial charge is 0.262 e. The highest BCUT2D eigenvalue weighted by Crippen LogP contribution is 2.29. The third-order valence-electron chi connectivity index (χ3n) is 4.81. The minimum atomic E-state index is -0.239. The fraction of sp³-hybridized carbons (Fsp3) is 0.391. The Morgan fingerprint density at radius 2 is 1.80 bits per heavy atom. The Bertz CT molecular complexity index is 891. The van der Waals surface area contributed by atoms with Gasteiger partial charge in [-0.15, -0.1) is 0 Å². The number of anilines is 1. The first kappa shape index (κ1) is 22.1. The van der Waals surface area contributed by atoms with Crippen molar-refractivity contribution in [2.24, 2.45) is 0 Å². The Balaban J connectivity index is 1.63. The lowest BCUT2D eigenvalue weighted by atomic mass is 10.1. The van der Waals surface area contributed by atoms with Gasteiger partial charge in [0.25, 0.3) is 5.91 Å². The summed E-state index contributed by atoms with van der Waals surface area (Å²) in [6.45, 7) is 7.48. The van der Waals surface area contributed by atoms with Crippen LogP contribution in [0.25, 0.3) is 0 Å². The molecule has 1 amide bonds. The molecule has 0 aromatic heterocycles. The number of hydrogen-bond donors (Lipinski definition) is 1. The summed E-state index contributed by atoms with van der Waals surface area (Å²) in [5.74, 6) is 0.788. The standard InChI is InChI=1S/C23H28N2O4S/c1-15-5-8-19(9-6-15)24-22(26)14-28-20-10-7-18(11-21(20)27-4)23(30)25-12-16(2)29-17(3)13-25/h5-11,16-17H,12-14H2,1-4H3,(H,24,26)/t16-,17-/m1/s1. The molecule has 30 heavy (non-hydrogen) atoms. The molecule has 2 aromatic carbocycles. The minimum Gasteiger partial charge on any atom is -0.493 e. The molecule has 1 fully saturated rings. The average molecular weight is 429 g/mol. The first-order valence-corrected chi connectivity index (χ1v) is 10.4. The molecule has 160 valence electrons. The van der Waals surface area contributed by atoms with Crippen LogP contribution < -0.4 is 14.8 Å². The second-order valence-electron chi connectivity index (χ2n) is 7.54. The summed E-state index contributed by atoms with van der Waals surface area (Å²) in [5.41, 5.74) is 2.74. The van der Waals surface area contributed by atoms with E-state index >= 15 is 0 Å². The summed E-state index contributed by atoms with van der Waals surface area (Å²) < 4.78 is 16.9. The Morgan fingerprint density at radius 3 is 2.43 bits per heavy atom. The van der Waals surface area contributed by atoms with Gasteiger partial charge < -0.3 is 24.4 Å². The Morgan fingerprint density at radius 1 is 1.13 bits per heavy atom. The van der Waals surface area contributed by atoms with Gasteiger partial charge in [-0.3, -0.25) is 4.79 Å². The molecule has 1 saturated heterocycles. The molecule has 6 nitrogen and oxygen atoms in total. The first-order chi connectivity index (χ1) is 14.4. The second-order valence-corrected chi connectivity index (χ2v) is 7.92. The van der Waals surface area contributed by atoms with Crippen LogP contribution in [-0.2, 0) is 9.53 Å². The van der Waals surface area contributed by atoms with Crippen LogP contribution in [0.5, 0.6) is 11.5 Å². The van der Waals surface area contributed by atoms with Gasteiger partial charge in [0, 0.05) is 24.3 Å². The van der Waals surface area contributed by atoms with Gasteiger partial charge in [0.2, 0.25) is 0 Å². The van der Waals surface area contributed by atoms with E-state index in [2.05, 4.69) is 10.2 Å². The van der Waals surface area contributed by atoms with Gasteiger partial charge in [0.1, 0.15) is 4.99 Å². The minimum absolute atomic E-state index is 0.119. The number of rotatable bonds is 6. The van der Waals surface area contributed by atoms with Crippen molar-refractivity contribution in [3.05, 3.63) is 53.6 Å². The van der Waals surface area contributed by atoms with Crippen molar-refractivity contribution >= 4 is 28.8 Å². The van der Waals surface area contributed by atoms with E-state index in [1.54, 1.807) is 13.2 Å². The number of amides is 1. The first-order valence-electron chi connectivity index (χ1n) is 9.98. The molecule has 1 aliphatic rings. The van der Waals surface area contributed by atoms with E-state index in [1.807, 2.05) is 57.2 Å². The molecule has 2 atom stereocenters. The fourth-order valence-corrected chi connectivity index (χ4v) is 3.70. The number of nitrogens with one attached hydrogen (secondary N) is 1. The maximum atomic E-state index is 12.2. The van der Waals surface area contributed by atoms with Crippen molar-refractivity contribution in [1.82, 2.24) is 4.90 Å². The largest absolute Gasteiger partial charge is 0.493 e. The summed E-state index contributed by atoms with van der Waals surface area (Å²) in [6, 6.07) is 13.1. The van der Waals surface area contributed by atoms with E-state index < -0.39 is 0 Å². The number of ether oxygens (including phenoxy) is 3. The molecule has 1 heterocycles. The Kier molecular flexibility index (Phi) is 7.29. The number of methoxy groups -OCH3 is 1. The normalized spacial score (nSPS) is 18.6. The lowest BCUT2D eigenvalue weighted by Gasteiger charge is -2.37. The molecule has 1 aliphatic heterocycles. The lowest BCUT2D eigenvalue weighted by molar-refractivity contribution is -0.118. The number of morpholine rings is 1. The van der Waals surface area contributed by atoms with Gasteiger partial charge in [0.05, 0.1) is 19.3 Å². The highest BCUT2D eigenvalue weighted by Gasteiger charge is 2.25. The van der Waals surface area contributed by atoms with E-state index in [0.717, 1.165) is 34.9 Å². The average Bonchev–Trinajstić information content (AvgIpc) is 2.72. The van der Waals surface area contributed by atoms with Crippen molar-refractivity contribution in [2.75, 3.05) is 32.1 Å². The van der Waals surface area contributed by atoms with E-state index in [4.69, 9.17) is 26.4 Å². The molecular weight excluding hydrogens is 400 g/mol. The quantitative estimate of drug-likeness (QED) is 0.706. The second kappa shape index (κ2) is 9.91. The van der Waals surface area contributed by atoms with Gasteiger partial charge in [-0.1, -0.05) is 29.9 Å². The maximum absolute atomic E-state index is 12.2. The number of thiocarbonyl (C=S) groups is 1. The summed E-state index contributed by atoms with van der Waals surface area (Å²) in [5, 5.41) is 2.81. The third-order valence-corrected chi connectivity index (χ3v) is 5.31. The Hall–Kier alpha value is -2.64. The van der Waals surface area contributed by atoms with Crippen molar-refractivity contribution in [2.45, 2.75) is 33.0 Å². The molecule has 1 N–H and O–H groups in total. The number of carbonyl (C=O) groups excluding carboxylic acids is 1. The van der Waals surface area contributed by atoms with Crippen LogP contribution in [0, 0.1) is 6.92 Å². The van der Waals surface area contributed by atoms with Crippen LogP contribution in [0.15, 0.2) is 42.5 Å². The van der Waals surface area contributed by atoms with Crippen LogP contribution >= 0.6 is 12.2 Å². The SMILES string of the molecule is COc1cc(C(=S)N2C[C@@H](C)O[C@H](C)C2)ccc1OCC(=O)Nc1ccc(C)cc1. The molecule has 7 heteroatoms. The van der Waals surface area contributed by atoms with Crippen molar-refractivity contribution in [3.8, 4) is 11.5 Å². The van der Waals surface area contributed by atoms with Crippen LogP contribution in [0.3, 0.4) is 0 Å². The topological polar surface area (TPSA) is 60.0 Å². The predicted octanol–water partition coefficient (Wildman–Crippen LogP) is 3.81. The van der Waals surface area contributed by atoms with E-state index in [-0.39, 0.29) is 24.7 Å². The molecule has 0 radical (unpaired) electrons. The zero-order valence-electron chi connectivity index (χ0n) is 17.8. The maximum Gasteiger partial charge on any atom is 0.262 e. The highest BCUT2D eigenvalue weighted by atomic mass is 32.1. The molecular formula is C23H28N2O4S. The molecule has 0 saturated carbocycles. The van der Waals surface area contributed by atoms with Crippen LogP contribution in [0.4, 0.5) is 5.69 Å². The number of carbonyl (C=O) groups is 1. The van der Waals surface area contributed by atoms with Crippen molar-refractivity contribution in [1.29, 1.82) is 0 Å². The number of aryl methyl sites for hydroxylation is 1. The lowest BCUT2D eigenvalue weighted by Crippen LogP contribution is -2.47. The van der Waals surface area contributed by atoms with Gasteiger partial charge in [-0.2, -0.15) is 0 Å². The van der Waals surface area contributed by atoms with E-state index in [9.17, 15) is 4.79 Å². The Labute approximate surface area is 183 Å². The van der Waals surface area contributed by atoms with Gasteiger partial charge in [-0.05, 0) is 51.1 Å². The van der Waals surface area contributed by atoms with Crippen LogP contribution in [0.1, 0.15) is 25.0 Å². The number of hydrogen-bond acceptors (Lipinski definition) is 5. The molecule has 2 aromatic rings. The summed E-state index contributed by atoms with van der Waals surface area (Å²) in [4.78, 5) is 15.1. The zero-order valence-corrected chi connectivity index (χ0v) is 18.6. The zero-order chi connectivity index (χ0) is 21.7. The molecule has 0 bridgehead atoms. The summed E-state index contributed by atoms with van der Waals surface area (Å²) >= 11 is 5.70. The number of nitrogens with zero attached hydrogens (tertiary/aromatic N) is 1. The third kappa shape index (κ3) is 5.70. The molecule has 0 unspecified atom stereocenters. The highest BCUT2D eigenvalue weighted by molar-refractivity contribution is 7.80. The van der Waals surface area contributed by atoms with Crippen LogP contribution in [-0.4, -0.2) is 54.8 Å². The molecule has 0 spiro atoms. The monoisotopic (exact) mass is 428 g/mol. The van der Waals surface area contributed by atoms with Crippen LogP contribution in [0.2, 0.25) is 0 Å². The van der Waals surface area contributed by atoms with E-state index in [0.29, 0.717) is 11.5 Å². The van der Waals surface area contributed by atoms with Crippen molar-refractivity contribution in [3.63, 3.8) is 0 Å². The van der Waals surface area contributed by atoms with E-state index in [1.165, 1.54) is 0 Å². The number of benzene rings is 2. The summed E-state index contributed by atoms with van der Waals surface area (Å²) in [6.07, 6.45) is 0.256. The van der Waals surface area contributed by atoms with Crippen molar-refractivity contribution < 1.29 is 19.0 Å². The molecule has 0 aliphatic carbocycles. The molecule has 3 rings (SSSR count). The van der Waals surface area contributed by atoms with Gasteiger partial charge >= 0.3 is 0 Å². The fourth-order valence-electron chi connectivity index (χ4n) is 3.42. The van der Waals surface area contributed by atoms with Gasteiger partial charge in [0.15, 0.2) is 18.1 Å².